The number of para-hydroxylation sites is 1. The molecule has 1 heterocycles. The Labute approximate surface area is 166 Å². The molecule has 0 radical (unpaired) electrons. The summed E-state index contributed by atoms with van der Waals surface area (Å²) in [6.45, 7) is 2.34. The number of fused-ring (bicyclic) bond motifs is 1. The molecule has 140 valence electrons. The van der Waals surface area contributed by atoms with Crippen LogP contribution in [0.1, 0.15) is 12.5 Å². The fourth-order valence-corrected chi connectivity index (χ4v) is 2.97. The number of aromatic nitrogens is 1. The van der Waals surface area contributed by atoms with Gasteiger partial charge in [0.05, 0.1) is 12.3 Å². The summed E-state index contributed by atoms with van der Waals surface area (Å²) in [6.07, 6.45) is 1.60. The van der Waals surface area contributed by atoms with Gasteiger partial charge in [0, 0.05) is 22.4 Å². The predicted octanol–water partition coefficient (Wildman–Crippen LogP) is 6.00. The minimum absolute atomic E-state index is 0.0695. The van der Waals surface area contributed by atoms with Gasteiger partial charge in [0.2, 0.25) is 5.89 Å². The Morgan fingerprint density at radius 1 is 1.14 bits per heavy atom. The highest BCUT2D eigenvalue weighted by Crippen LogP contribution is 2.30. The third-order valence-corrected chi connectivity index (χ3v) is 4.36. The molecule has 0 saturated carbocycles. The standard InChI is InChI=1S/C22H17ClN2O3/c1-2-27-20-8-4-6-15(21(20)26)13-24-17-7-3-5-14(11-17)22-25-18-12-16(23)9-10-19(18)28-22/h3-13,26H,2H2,1H3. The molecule has 0 aliphatic carbocycles. The summed E-state index contributed by atoms with van der Waals surface area (Å²) in [7, 11) is 0. The largest absolute Gasteiger partial charge is 0.504 e. The average molecular weight is 393 g/mol. The Morgan fingerprint density at radius 2 is 2.00 bits per heavy atom. The molecule has 5 nitrogen and oxygen atoms in total. The summed E-state index contributed by atoms with van der Waals surface area (Å²) in [6, 6.07) is 18.1. The second-order valence-electron chi connectivity index (χ2n) is 6.07. The van der Waals surface area contributed by atoms with Crippen molar-refractivity contribution in [1.82, 2.24) is 4.98 Å². The highest BCUT2D eigenvalue weighted by Gasteiger charge is 2.09. The highest BCUT2D eigenvalue weighted by molar-refractivity contribution is 6.31. The number of hydrogen-bond donors (Lipinski definition) is 1. The van der Waals surface area contributed by atoms with Gasteiger partial charge < -0.3 is 14.3 Å². The fourth-order valence-electron chi connectivity index (χ4n) is 2.80. The SMILES string of the molecule is CCOc1cccc(C=Nc2cccc(-c3nc4cc(Cl)ccc4o3)c2)c1O. The minimum Gasteiger partial charge on any atom is -0.504 e. The van der Waals surface area contributed by atoms with Gasteiger partial charge in [-0.25, -0.2) is 4.98 Å². The molecule has 28 heavy (non-hydrogen) atoms. The molecular formula is C22H17ClN2O3. The molecule has 0 fully saturated rings. The summed E-state index contributed by atoms with van der Waals surface area (Å²) >= 11 is 6.01. The molecule has 1 aromatic heterocycles. The Balaban J connectivity index is 1.63. The zero-order valence-electron chi connectivity index (χ0n) is 15.1. The van der Waals surface area contributed by atoms with Crippen LogP contribution in [0.5, 0.6) is 11.5 Å². The summed E-state index contributed by atoms with van der Waals surface area (Å²) in [5.74, 6) is 1.00. The van der Waals surface area contributed by atoms with Crippen molar-refractivity contribution in [2.24, 2.45) is 4.99 Å². The highest BCUT2D eigenvalue weighted by atomic mass is 35.5. The number of halogens is 1. The van der Waals surface area contributed by atoms with Crippen LogP contribution in [-0.4, -0.2) is 22.9 Å². The molecular weight excluding hydrogens is 376 g/mol. The number of phenols is 1. The van der Waals surface area contributed by atoms with Crippen molar-refractivity contribution in [2.75, 3.05) is 6.61 Å². The molecule has 4 rings (SSSR count). The van der Waals surface area contributed by atoms with E-state index in [1.54, 1.807) is 36.5 Å². The minimum atomic E-state index is 0.0695. The van der Waals surface area contributed by atoms with Crippen molar-refractivity contribution in [1.29, 1.82) is 0 Å². The van der Waals surface area contributed by atoms with Crippen LogP contribution in [0.25, 0.3) is 22.6 Å². The van der Waals surface area contributed by atoms with Crippen LogP contribution >= 0.6 is 11.6 Å². The number of rotatable bonds is 5. The Kier molecular flexibility index (Phi) is 5.00. The normalized spacial score (nSPS) is 11.4. The molecule has 6 heteroatoms. The predicted molar refractivity (Wildman–Crippen MR) is 111 cm³/mol. The maximum atomic E-state index is 10.3. The van der Waals surface area contributed by atoms with E-state index < -0.39 is 0 Å². The van der Waals surface area contributed by atoms with E-state index in [1.165, 1.54) is 0 Å². The molecule has 0 aliphatic rings. The summed E-state index contributed by atoms with van der Waals surface area (Å²) in [4.78, 5) is 8.95. The molecule has 0 aliphatic heterocycles. The Hall–Kier alpha value is -3.31. The maximum absolute atomic E-state index is 10.3. The number of aromatic hydroxyl groups is 1. The quantitative estimate of drug-likeness (QED) is 0.423. The van der Waals surface area contributed by atoms with E-state index in [4.69, 9.17) is 20.8 Å². The van der Waals surface area contributed by atoms with Crippen molar-refractivity contribution >= 4 is 34.6 Å². The van der Waals surface area contributed by atoms with E-state index in [9.17, 15) is 5.11 Å². The number of ether oxygens (including phenoxy) is 1. The van der Waals surface area contributed by atoms with Crippen LogP contribution in [0.2, 0.25) is 5.02 Å². The number of nitrogens with zero attached hydrogens (tertiary/aromatic N) is 2. The van der Waals surface area contributed by atoms with Gasteiger partial charge in [-0.05, 0) is 55.5 Å². The zero-order chi connectivity index (χ0) is 19.5. The number of hydrogen-bond acceptors (Lipinski definition) is 5. The molecule has 3 aromatic carbocycles. The lowest BCUT2D eigenvalue weighted by molar-refractivity contribution is 0.318. The molecule has 0 spiro atoms. The first-order valence-electron chi connectivity index (χ1n) is 8.79. The summed E-state index contributed by atoms with van der Waals surface area (Å²) in [5, 5.41) is 10.9. The lowest BCUT2D eigenvalue weighted by Gasteiger charge is -2.07. The van der Waals surface area contributed by atoms with Gasteiger partial charge in [0.1, 0.15) is 5.52 Å². The molecule has 0 saturated heterocycles. The van der Waals surface area contributed by atoms with Gasteiger partial charge in [-0.3, -0.25) is 4.99 Å². The third kappa shape index (κ3) is 3.70. The van der Waals surface area contributed by atoms with Gasteiger partial charge in [0.15, 0.2) is 17.1 Å². The lowest BCUT2D eigenvalue weighted by atomic mass is 10.2. The second-order valence-corrected chi connectivity index (χ2v) is 6.50. The van der Waals surface area contributed by atoms with Crippen LogP contribution in [0.3, 0.4) is 0 Å². The van der Waals surface area contributed by atoms with E-state index in [-0.39, 0.29) is 5.75 Å². The molecule has 0 atom stereocenters. The first kappa shape index (κ1) is 18.1. The monoisotopic (exact) mass is 392 g/mol. The number of oxazole rings is 1. The van der Waals surface area contributed by atoms with E-state index in [1.807, 2.05) is 37.3 Å². The van der Waals surface area contributed by atoms with Crippen LogP contribution in [0.4, 0.5) is 5.69 Å². The second kappa shape index (κ2) is 7.74. The van der Waals surface area contributed by atoms with Crippen molar-refractivity contribution in [3.8, 4) is 23.0 Å². The lowest BCUT2D eigenvalue weighted by Crippen LogP contribution is -1.93. The van der Waals surface area contributed by atoms with Gasteiger partial charge >= 0.3 is 0 Å². The summed E-state index contributed by atoms with van der Waals surface area (Å²) in [5.41, 5.74) is 3.46. The zero-order valence-corrected chi connectivity index (χ0v) is 15.8. The first-order chi connectivity index (χ1) is 13.6. The molecule has 1 N–H and O–H groups in total. The number of aliphatic imine (C=N–C) groups is 1. The van der Waals surface area contributed by atoms with Crippen molar-refractivity contribution in [3.05, 3.63) is 71.2 Å². The fraction of sp³-hybridized carbons (Fsp3) is 0.0909. The topological polar surface area (TPSA) is 67.9 Å². The molecule has 4 aromatic rings. The van der Waals surface area contributed by atoms with Gasteiger partial charge in [-0.1, -0.05) is 23.7 Å². The van der Waals surface area contributed by atoms with Gasteiger partial charge in [-0.15, -0.1) is 0 Å². The third-order valence-electron chi connectivity index (χ3n) is 4.13. The average Bonchev–Trinajstić information content (AvgIpc) is 3.12. The number of phenolic OH excluding ortho intramolecular Hbond substituents is 1. The van der Waals surface area contributed by atoms with Crippen LogP contribution < -0.4 is 4.74 Å². The maximum Gasteiger partial charge on any atom is 0.227 e. The molecule has 0 bridgehead atoms. The smallest absolute Gasteiger partial charge is 0.227 e. The summed E-state index contributed by atoms with van der Waals surface area (Å²) < 4.78 is 11.2. The van der Waals surface area contributed by atoms with E-state index >= 15 is 0 Å². The Morgan fingerprint density at radius 3 is 2.86 bits per heavy atom. The number of benzene rings is 3. The van der Waals surface area contributed by atoms with E-state index in [2.05, 4.69) is 9.98 Å². The van der Waals surface area contributed by atoms with Gasteiger partial charge in [0.25, 0.3) is 0 Å². The van der Waals surface area contributed by atoms with E-state index in [0.717, 1.165) is 5.56 Å². The van der Waals surface area contributed by atoms with Crippen LogP contribution in [0, 0.1) is 0 Å². The van der Waals surface area contributed by atoms with E-state index in [0.29, 0.717) is 45.6 Å². The Bertz CT molecular complexity index is 1170. The molecule has 0 unspecified atom stereocenters. The van der Waals surface area contributed by atoms with Crippen molar-refractivity contribution in [3.63, 3.8) is 0 Å². The van der Waals surface area contributed by atoms with Crippen molar-refractivity contribution < 1.29 is 14.3 Å². The van der Waals surface area contributed by atoms with Crippen molar-refractivity contribution in [2.45, 2.75) is 6.92 Å². The van der Waals surface area contributed by atoms with Crippen LogP contribution in [0.15, 0.2) is 70.1 Å². The van der Waals surface area contributed by atoms with Gasteiger partial charge in [-0.2, -0.15) is 0 Å². The first-order valence-corrected chi connectivity index (χ1v) is 9.17. The molecule has 0 amide bonds. The van der Waals surface area contributed by atoms with Crippen LogP contribution in [-0.2, 0) is 0 Å².